The molecule has 3 aliphatic rings. The summed E-state index contributed by atoms with van der Waals surface area (Å²) in [5.41, 5.74) is 3.00. The minimum atomic E-state index is 0.0934. The lowest BCUT2D eigenvalue weighted by molar-refractivity contribution is 0.0935. The monoisotopic (exact) mass is 277 g/mol. The van der Waals surface area contributed by atoms with Crippen LogP contribution in [0.3, 0.4) is 0 Å². The van der Waals surface area contributed by atoms with Crippen LogP contribution in [0.2, 0.25) is 0 Å². The van der Waals surface area contributed by atoms with Crippen LogP contribution in [-0.4, -0.2) is 12.5 Å². The molecular weight excluding hydrogens is 266 g/mol. The van der Waals surface area contributed by atoms with Crippen molar-refractivity contribution < 1.29 is 4.79 Å². The van der Waals surface area contributed by atoms with Crippen LogP contribution in [0.15, 0.2) is 22.7 Å². The number of carbonyl (C=O) groups excluding carboxylic acids is 1. The fraction of sp³-hybridized carbons (Fsp3) is 0.462. The lowest BCUT2D eigenvalue weighted by Crippen LogP contribution is -2.40. The second-order valence-corrected chi connectivity index (χ2v) is 6.33. The molecule has 2 nitrogen and oxygen atoms in total. The summed E-state index contributed by atoms with van der Waals surface area (Å²) in [4.78, 5) is 11.8. The van der Waals surface area contributed by atoms with Crippen molar-refractivity contribution in [3.63, 3.8) is 0 Å². The molecule has 2 spiro atoms. The maximum absolute atomic E-state index is 11.8. The van der Waals surface area contributed by atoms with Crippen LogP contribution in [0.1, 0.15) is 35.2 Å². The van der Waals surface area contributed by atoms with Crippen molar-refractivity contribution >= 4 is 21.8 Å². The molecule has 2 aliphatic carbocycles. The van der Waals surface area contributed by atoms with E-state index in [0.29, 0.717) is 5.41 Å². The maximum Gasteiger partial charge on any atom is 0.251 e. The lowest BCUT2D eigenvalue weighted by Gasteiger charge is -2.27. The van der Waals surface area contributed by atoms with Gasteiger partial charge in [-0.2, -0.15) is 0 Å². The van der Waals surface area contributed by atoms with E-state index in [4.69, 9.17) is 0 Å². The molecule has 16 heavy (non-hydrogen) atoms. The Kier molecular flexibility index (Phi) is 1.46. The Labute approximate surface area is 103 Å². The van der Waals surface area contributed by atoms with E-state index in [0.717, 1.165) is 16.6 Å². The van der Waals surface area contributed by atoms with Crippen molar-refractivity contribution in [2.24, 2.45) is 5.41 Å². The maximum atomic E-state index is 11.8. The highest BCUT2D eigenvalue weighted by atomic mass is 79.9. The van der Waals surface area contributed by atoms with Gasteiger partial charge in [0.05, 0.1) is 0 Å². The van der Waals surface area contributed by atoms with Gasteiger partial charge in [-0.15, -0.1) is 0 Å². The van der Waals surface area contributed by atoms with Crippen LogP contribution in [0, 0.1) is 5.41 Å². The summed E-state index contributed by atoms with van der Waals surface area (Å²) in [6.07, 6.45) is 3.95. The molecule has 0 saturated heterocycles. The van der Waals surface area contributed by atoms with Crippen molar-refractivity contribution in [1.29, 1.82) is 0 Å². The molecule has 1 aromatic rings. The van der Waals surface area contributed by atoms with Gasteiger partial charge in [-0.3, -0.25) is 4.79 Å². The number of fused-ring (bicyclic) bond motifs is 3. The predicted molar refractivity (Wildman–Crippen MR) is 64.4 cm³/mol. The first-order chi connectivity index (χ1) is 7.67. The SMILES string of the molecule is O=C1NCC2(CC23CC3)c2cc(Br)ccc21. The zero-order valence-electron chi connectivity index (χ0n) is 8.85. The number of rotatable bonds is 0. The molecule has 0 bridgehead atoms. The summed E-state index contributed by atoms with van der Waals surface area (Å²) in [7, 11) is 0. The number of hydrogen-bond donors (Lipinski definition) is 1. The normalized spacial score (nSPS) is 32.4. The van der Waals surface area contributed by atoms with Gasteiger partial charge in [0.2, 0.25) is 0 Å². The van der Waals surface area contributed by atoms with Gasteiger partial charge in [0.15, 0.2) is 0 Å². The highest BCUT2D eigenvalue weighted by Crippen LogP contribution is 2.79. The van der Waals surface area contributed by atoms with Gasteiger partial charge in [-0.25, -0.2) is 0 Å². The highest BCUT2D eigenvalue weighted by Gasteiger charge is 2.75. The predicted octanol–water partition coefficient (Wildman–Crippen LogP) is 2.61. The minimum Gasteiger partial charge on any atom is -0.351 e. The largest absolute Gasteiger partial charge is 0.351 e. The number of hydrogen-bond acceptors (Lipinski definition) is 1. The Balaban J connectivity index is 1.94. The van der Waals surface area contributed by atoms with Gasteiger partial charge in [-0.1, -0.05) is 15.9 Å². The van der Waals surface area contributed by atoms with Gasteiger partial charge < -0.3 is 5.32 Å². The average molecular weight is 278 g/mol. The lowest BCUT2D eigenvalue weighted by atomic mass is 9.85. The second-order valence-electron chi connectivity index (χ2n) is 5.41. The fourth-order valence-corrected chi connectivity index (χ4v) is 3.86. The summed E-state index contributed by atoms with van der Waals surface area (Å²) >= 11 is 3.52. The van der Waals surface area contributed by atoms with Crippen LogP contribution in [0.4, 0.5) is 0 Å². The van der Waals surface area contributed by atoms with Gasteiger partial charge in [-0.05, 0) is 48.4 Å². The summed E-state index contributed by atoms with van der Waals surface area (Å²) in [6.45, 7) is 0.843. The quantitative estimate of drug-likeness (QED) is 0.776. The van der Waals surface area contributed by atoms with Crippen LogP contribution in [-0.2, 0) is 5.41 Å². The molecule has 1 aliphatic heterocycles. The molecule has 1 N–H and O–H groups in total. The summed E-state index contributed by atoms with van der Waals surface area (Å²) in [5.74, 6) is 0.0934. The second kappa shape index (κ2) is 2.53. The van der Waals surface area contributed by atoms with E-state index >= 15 is 0 Å². The fourth-order valence-electron chi connectivity index (χ4n) is 3.50. The summed E-state index contributed by atoms with van der Waals surface area (Å²) in [5, 5.41) is 3.05. The van der Waals surface area contributed by atoms with Crippen LogP contribution < -0.4 is 5.32 Å². The first-order valence-electron chi connectivity index (χ1n) is 5.75. The van der Waals surface area contributed by atoms with Gasteiger partial charge in [0.1, 0.15) is 0 Å². The van der Waals surface area contributed by atoms with Crippen LogP contribution >= 0.6 is 15.9 Å². The van der Waals surface area contributed by atoms with Crippen molar-refractivity contribution in [2.75, 3.05) is 6.54 Å². The van der Waals surface area contributed by atoms with Gasteiger partial charge in [0.25, 0.3) is 5.91 Å². The van der Waals surface area contributed by atoms with Crippen molar-refractivity contribution in [3.05, 3.63) is 33.8 Å². The van der Waals surface area contributed by atoms with E-state index < -0.39 is 0 Å². The zero-order chi connectivity index (χ0) is 11.0. The zero-order valence-corrected chi connectivity index (χ0v) is 10.4. The molecule has 1 unspecified atom stereocenters. The number of benzene rings is 1. The average Bonchev–Trinajstić information content (AvgIpc) is 3.15. The number of amides is 1. The van der Waals surface area contributed by atoms with Crippen LogP contribution in [0.5, 0.6) is 0 Å². The molecular formula is C13H12BrNO. The number of carbonyl (C=O) groups is 1. The Morgan fingerprint density at radius 1 is 1.31 bits per heavy atom. The number of halogens is 1. The van der Waals surface area contributed by atoms with Crippen molar-refractivity contribution in [1.82, 2.24) is 5.32 Å². The molecule has 4 rings (SSSR count). The van der Waals surface area contributed by atoms with Gasteiger partial charge >= 0.3 is 0 Å². The Hall–Kier alpha value is -0.830. The molecule has 1 heterocycles. The van der Waals surface area contributed by atoms with Gasteiger partial charge in [0, 0.05) is 22.0 Å². The highest BCUT2D eigenvalue weighted by molar-refractivity contribution is 9.10. The Bertz CT molecular complexity index is 521. The minimum absolute atomic E-state index is 0.0934. The Morgan fingerprint density at radius 3 is 2.81 bits per heavy atom. The molecule has 1 atom stereocenters. The van der Waals surface area contributed by atoms with E-state index in [1.54, 1.807) is 0 Å². The Morgan fingerprint density at radius 2 is 2.12 bits per heavy atom. The summed E-state index contributed by atoms with van der Waals surface area (Å²) in [6, 6.07) is 6.06. The number of nitrogens with one attached hydrogen (secondary N) is 1. The molecule has 2 saturated carbocycles. The van der Waals surface area contributed by atoms with E-state index in [9.17, 15) is 4.79 Å². The van der Waals surface area contributed by atoms with E-state index in [2.05, 4.69) is 27.3 Å². The first kappa shape index (κ1) is 9.23. The van der Waals surface area contributed by atoms with E-state index in [-0.39, 0.29) is 11.3 Å². The van der Waals surface area contributed by atoms with Crippen molar-refractivity contribution in [3.8, 4) is 0 Å². The topological polar surface area (TPSA) is 29.1 Å². The third-order valence-electron chi connectivity index (χ3n) is 4.68. The standard InChI is InChI=1S/C13H12BrNO/c14-8-1-2-9-10(5-8)13(7-15-11(9)16)6-12(13)3-4-12/h1-2,5H,3-4,6-7H2,(H,15,16). The summed E-state index contributed by atoms with van der Waals surface area (Å²) < 4.78 is 1.09. The molecule has 82 valence electrons. The van der Waals surface area contributed by atoms with Crippen LogP contribution in [0.25, 0.3) is 0 Å². The van der Waals surface area contributed by atoms with Crippen molar-refractivity contribution in [2.45, 2.75) is 24.7 Å². The third kappa shape index (κ3) is 0.915. The molecule has 0 aromatic heterocycles. The molecule has 3 heteroatoms. The molecule has 0 radical (unpaired) electrons. The molecule has 1 amide bonds. The third-order valence-corrected chi connectivity index (χ3v) is 5.17. The van der Waals surface area contributed by atoms with E-state index in [1.165, 1.54) is 24.8 Å². The first-order valence-corrected chi connectivity index (χ1v) is 6.55. The molecule has 1 aromatic carbocycles. The van der Waals surface area contributed by atoms with E-state index in [1.807, 2.05) is 12.1 Å². The molecule has 2 fully saturated rings. The smallest absolute Gasteiger partial charge is 0.251 e.